The Morgan fingerprint density at radius 2 is 2.00 bits per heavy atom. The number of nitrogens with one attached hydrogen (secondary N) is 3. The van der Waals surface area contributed by atoms with Crippen LogP contribution in [-0.2, 0) is 9.59 Å². The number of rotatable bonds is 9. The predicted octanol–water partition coefficient (Wildman–Crippen LogP) is 0.214. The first-order valence-corrected chi connectivity index (χ1v) is 9.51. The smallest absolute Gasteiger partial charge is 0.269 e. The Kier molecular flexibility index (Phi) is 8.34. The molecule has 7 N–H and O–H groups in total. The highest BCUT2D eigenvalue weighted by Gasteiger charge is 2.26. The maximum absolute atomic E-state index is 12.7. The van der Waals surface area contributed by atoms with Gasteiger partial charge in [-0.25, -0.2) is 0 Å². The second kappa shape index (κ2) is 11.0. The zero-order valence-electron chi connectivity index (χ0n) is 16.1. The van der Waals surface area contributed by atoms with Gasteiger partial charge < -0.3 is 27.4 Å². The van der Waals surface area contributed by atoms with Crippen LogP contribution in [0.3, 0.4) is 0 Å². The molecule has 1 saturated heterocycles. The van der Waals surface area contributed by atoms with Gasteiger partial charge in [0.25, 0.3) is 5.69 Å². The predicted molar refractivity (Wildman–Crippen MR) is 109 cm³/mol. The number of nitro groups is 1. The van der Waals surface area contributed by atoms with Crippen LogP contribution in [0.5, 0.6) is 0 Å². The van der Waals surface area contributed by atoms with Crippen molar-refractivity contribution in [2.45, 2.75) is 44.2 Å². The highest BCUT2D eigenvalue weighted by atomic mass is 16.6. The number of hydrogen-bond acceptors (Lipinski definition) is 6. The Morgan fingerprint density at radius 1 is 1.28 bits per heavy atom. The third-order valence-corrected chi connectivity index (χ3v) is 4.55. The number of nitrogens with zero attached hydrogens (tertiary/aromatic N) is 2. The molecule has 2 atom stereocenters. The molecule has 0 radical (unpaired) electrons. The van der Waals surface area contributed by atoms with E-state index in [4.69, 9.17) is 11.5 Å². The molecule has 0 saturated carbocycles. The standard InChI is InChI=1S/C18H27N7O4/c19-18(20)22-11-3-5-15(24-16(26)14-4-1-2-10-21-14)17(27)23-12-6-8-13(9-7-12)25(28)29/h6-9,14-15,21H,1-5,10-11H2,(H,23,27)(H,24,26)(H4,19,20,22)/t14?,15-/m0/s1. The highest BCUT2D eigenvalue weighted by Crippen LogP contribution is 2.16. The molecule has 29 heavy (non-hydrogen) atoms. The number of nitro benzene ring substituents is 1. The zero-order valence-corrected chi connectivity index (χ0v) is 16.1. The van der Waals surface area contributed by atoms with Gasteiger partial charge in [-0.2, -0.15) is 0 Å². The number of carbonyl (C=O) groups excluding carboxylic acids is 2. The first-order chi connectivity index (χ1) is 13.9. The van der Waals surface area contributed by atoms with E-state index in [0.717, 1.165) is 25.8 Å². The van der Waals surface area contributed by atoms with Crippen LogP contribution in [0.4, 0.5) is 11.4 Å². The molecule has 1 heterocycles. The molecule has 1 aliphatic rings. The Hall–Kier alpha value is -3.21. The van der Waals surface area contributed by atoms with Gasteiger partial charge in [0.1, 0.15) is 6.04 Å². The van der Waals surface area contributed by atoms with Gasteiger partial charge in [0.2, 0.25) is 11.8 Å². The molecule has 1 fully saturated rings. The van der Waals surface area contributed by atoms with E-state index in [-0.39, 0.29) is 23.6 Å². The molecule has 158 valence electrons. The van der Waals surface area contributed by atoms with Crippen molar-refractivity contribution >= 4 is 29.1 Å². The number of non-ortho nitro benzene ring substituents is 1. The van der Waals surface area contributed by atoms with Crippen LogP contribution in [0.2, 0.25) is 0 Å². The Bertz CT molecular complexity index is 741. The third-order valence-electron chi connectivity index (χ3n) is 4.55. The summed E-state index contributed by atoms with van der Waals surface area (Å²) in [6.45, 7) is 1.10. The number of piperidine rings is 1. The minimum absolute atomic E-state index is 0.0349. The molecule has 11 heteroatoms. The lowest BCUT2D eigenvalue weighted by atomic mass is 10.0. The topological polar surface area (TPSA) is 178 Å². The quantitative estimate of drug-likeness (QED) is 0.128. The molecule has 2 amide bonds. The lowest BCUT2D eigenvalue weighted by Crippen LogP contribution is -2.52. The molecule has 0 aliphatic carbocycles. The van der Waals surface area contributed by atoms with Crippen molar-refractivity contribution in [1.82, 2.24) is 10.6 Å². The molecular weight excluding hydrogens is 378 g/mol. The second-order valence-electron chi connectivity index (χ2n) is 6.81. The van der Waals surface area contributed by atoms with E-state index in [1.54, 1.807) is 0 Å². The lowest BCUT2D eigenvalue weighted by Gasteiger charge is -2.25. The number of anilines is 1. The normalized spacial score (nSPS) is 17.0. The zero-order chi connectivity index (χ0) is 21.2. The summed E-state index contributed by atoms with van der Waals surface area (Å²) >= 11 is 0. The summed E-state index contributed by atoms with van der Waals surface area (Å²) in [6.07, 6.45) is 3.53. The SMILES string of the molecule is NC(N)=NCCC[C@H](NC(=O)C1CCCCN1)C(=O)Nc1ccc([N+](=O)[O-])cc1. The summed E-state index contributed by atoms with van der Waals surface area (Å²) in [7, 11) is 0. The maximum Gasteiger partial charge on any atom is 0.269 e. The fraction of sp³-hybridized carbons (Fsp3) is 0.500. The van der Waals surface area contributed by atoms with Crippen molar-refractivity contribution in [3.05, 3.63) is 34.4 Å². The summed E-state index contributed by atoms with van der Waals surface area (Å²) < 4.78 is 0. The Morgan fingerprint density at radius 3 is 2.59 bits per heavy atom. The van der Waals surface area contributed by atoms with E-state index in [1.165, 1.54) is 24.3 Å². The Balaban J connectivity index is 2.01. The van der Waals surface area contributed by atoms with Crippen LogP contribution in [0.15, 0.2) is 29.3 Å². The molecular formula is C18H27N7O4. The van der Waals surface area contributed by atoms with Crippen molar-refractivity contribution < 1.29 is 14.5 Å². The van der Waals surface area contributed by atoms with E-state index in [2.05, 4.69) is 20.9 Å². The van der Waals surface area contributed by atoms with Crippen LogP contribution in [-0.4, -0.2) is 47.9 Å². The van der Waals surface area contributed by atoms with Crippen molar-refractivity contribution in [3.63, 3.8) is 0 Å². The summed E-state index contributed by atoms with van der Waals surface area (Å²) in [5.74, 6) is -0.671. The lowest BCUT2D eigenvalue weighted by molar-refractivity contribution is -0.384. The average Bonchev–Trinajstić information content (AvgIpc) is 2.71. The molecule has 0 spiro atoms. The Labute approximate surface area is 168 Å². The molecule has 1 aromatic carbocycles. The molecule has 0 bridgehead atoms. The number of carbonyl (C=O) groups is 2. The van der Waals surface area contributed by atoms with Gasteiger partial charge in [-0.15, -0.1) is 0 Å². The second-order valence-corrected chi connectivity index (χ2v) is 6.81. The molecule has 0 aromatic heterocycles. The number of aliphatic imine (C=N–C) groups is 1. The van der Waals surface area contributed by atoms with E-state index in [9.17, 15) is 19.7 Å². The van der Waals surface area contributed by atoms with Crippen molar-refractivity contribution in [2.75, 3.05) is 18.4 Å². The highest BCUT2D eigenvalue weighted by molar-refractivity contribution is 5.97. The number of nitrogens with two attached hydrogens (primary N) is 2. The van der Waals surface area contributed by atoms with Gasteiger partial charge >= 0.3 is 0 Å². The van der Waals surface area contributed by atoms with Crippen LogP contribution < -0.4 is 27.4 Å². The number of amides is 2. The molecule has 11 nitrogen and oxygen atoms in total. The van der Waals surface area contributed by atoms with Crippen LogP contribution >= 0.6 is 0 Å². The molecule has 1 unspecified atom stereocenters. The van der Waals surface area contributed by atoms with Crippen LogP contribution in [0, 0.1) is 10.1 Å². The minimum atomic E-state index is -0.782. The van der Waals surface area contributed by atoms with E-state index < -0.39 is 16.9 Å². The van der Waals surface area contributed by atoms with Gasteiger partial charge in [0, 0.05) is 24.4 Å². The summed E-state index contributed by atoms with van der Waals surface area (Å²) in [5, 5.41) is 19.4. The van der Waals surface area contributed by atoms with Gasteiger partial charge in [0.15, 0.2) is 5.96 Å². The largest absolute Gasteiger partial charge is 0.370 e. The summed E-state index contributed by atoms with van der Waals surface area (Å²) in [6, 6.07) is 4.38. The van der Waals surface area contributed by atoms with Gasteiger partial charge in [-0.3, -0.25) is 24.7 Å². The van der Waals surface area contributed by atoms with Gasteiger partial charge in [-0.05, 0) is 44.4 Å². The van der Waals surface area contributed by atoms with E-state index >= 15 is 0 Å². The summed E-state index contributed by atoms with van der Waals surface area (Å²) in [4.78, 5) is 39.4. The molecule has 1 aromatic rings. The first kappa shape index (κ1) is 22.1. The van der Waals surface area contributed by atoms with Gasteiger partial charge in [0.05, 0.1) is 11.0 Å². The van der Waals surface area contributed by atoms with Crippen LogP contribution in [0.1, 0.15) is 32.1 Å². The average molecular weight is 405 g/mol. The van der Waals surface area contributed by atoms with E-state index in [0.29, 0.717) is 25.1 Å². The minimum Gasteiger partial charge on any atom is -0.370 e. The first-order valence-electron chi connectivity index (χ1n) is 9.51. The number of guanidine groups is 1. The van der Waals surface area contributed by atoms with Gasteiger partial charge in [-0.1, -0.05) is 6.42 Å². The van der Waals surface area contributed by atoms with Crippen molar-refractivity contribution in [2.24, 2.45) is 16.5 Å². The van der Waals surface area contributed by atoms with Crippen molar-refractivity contribution in [3.8, 4) is 0 Å². The molecule has 2 rings (SSSR count). The summed E-state index contributed by atoms with van der Waals surface area (Å²) in [5.41, 5.74) is 10.9. The van der Waals surface area contributed by atoms with Crippen LogP contribution in [0.25, 0.3) is 0 Å². The third kappa shape index (κ3) is 7.37. The molecule has 1 aliphatic heterocycles. The number of hydrogen-bond donors (Lipinski definition) is 5. The fourth-order valence-corrected chi connectivity index (χ4v) is 3.02. The number of benzene rings is 1. The maximum atomic E-state index is 12.7. The fourth-order valence-electron chi connectivity index (χ4n) is 3.02. The van der Waals surface area contributed by atoms with E-state index in [1.807, 2.05) is 0 Å². The van der Waals surface area contributed by atoms with Crippen molar-refractivity contribution in [1.29, 1.82) is 0 Å². The monoisotopic (exact) mass is 405 g/mol.